The van der Waals surface area contributed by atoms with Gasteiger partial charge in [0.25, 0.3) is 5.56 Å². The number of nitrogens with zero attached hydrogens (tertiary/aromatic N) is 2. The number of aryl methyl sites for hydroxylation is 2. The number of amides is 1. The Morgan fingerprint density at radius 2 is 1.95 bits per heavy atom. The molecular formula is C28H35N3O4S3. The zero-order chi connectivity index (χ0) is 27.0. The zero-order valence-electron chi connectivity index (χ0n) is 22.5. The summed E-state index contributed by atoms with van der Waals surface area (Å²) in [7, 11) is 0. The lowest BCUT2D eigenvalue weighted by molar-refractivity contribution is -0.113. The summed E-state index contributed by atoms with van der Waals surface area (Å²) in [6, 6.07) is -0.0227. The Hall–Kier alpha value is -2.17. The smallest absolute Gasteiger partial charge is 0.341 e. The third kappa shape index (κ3) is 5.19. The number of rotatable bonds is 8. The predicted octanol–water partition coefficient (Wildman–Crippen LogP) is 6.40. The number of fused-ring (bicyclic) bond motifs is 4. The Balaban J connectivity index is 1.41. The maximum atomic E-state index is 13.7. The van der Waals surface area contributed by atoms with Crippen LogP contribution in [0.3, 0.4) is 0 Å². The molecule has 3 heterocycles. The van der Waals surface area contributed by atoms with Gasteiger partial charge in [-0.2, -0.15) is 0 Å². The number of ether oxygens (including phenoxy) is 1. The summed E-state index contributed by atoms with van der Waals surface area (Å²) in [6.45, 7) is 8.38. The number of thioether (sulfide) groups is 1. The molecule has 0 aliphatic heterocycles. The highest BCUT2D eigenvalue weighted by molar-refractivity contribution is 7.99. The highest BCUT2D eigenvalue weighted by atomic mass is 32.2. The molecule has 0 fully saturated rings. The maximum absolute atomic E-state index is 13.7. The summed E-state index contributed by atoms with van der Waals surface area (Å²) in [6.07, 6.45) is 7.75. The maximum Gasteiger partial charge on any atom is 0.341 e. The third-order valence-corrected chi connectivity index (χ3v) is 10.9. The van der Waals surface area contributed by atoms with E-state index in [2.05, 4.69) is 19.2 Å². The molecule has 0 spiro atoms. The van der Waals surface area contributed by atoms with Crippen molar-refractivity contribution in [2.75, 3.05) is 17.7 Å². The second kappa shape index (κ2) is 11.5. The van der Waals surface area contributed by atoms with Crippen molar-refractivity contribution in [2.45, 2.75) is 90.3 Å². The summed E-state index contributed by atoms with van der Waals surface area (Å²) in [5.74, 6) is 0.0573. The molecule has 3 aromatic rings. The van der Waals surface area contributed by atoms with Crippen LogP contribution in [0.15, 0.2) is 9.95 Å². The highest BCUT2D eigenvalue weighted by Crippen LogP contribution is 2.40. The lowest BCUT2D eigenvalue weighted by Crippen LogP contribution is -2.27. The van der Waals surface area contributed by atoms with E-state index in [9.17, 15) is 14.4 Å². The third-order valence-electron chi connectivity index (χ3n) is 7.60. The van der Waals surface area contributed by atoms with Crippen molar-refractivity contribution in [2.24, 2.45) is 5.92 Å². The molecule has 0 saturated heterocycles. The van der Waals surface area contributed by atoms with Crippen LogP contribution in [0.4, 0.5) is 5.00 Å². The number of aromatic nitrogens is 2. The minimum atomic E-state index is -0.373. The van der Waals surface area contributed by atoms with Crippen molar-refractivity contribution in [3.63, 3.8) is 0 Å². The van der Waals surface area contributed by atoms with Gasteiger partial charge in [0.05, 0.1) is 23.3 Å². The van der Waals surface area contributed by atoms with Crippen molar-refractivity contribution in [1.29, 1.82) is 0 Å². The van der Waals surface area contributed by atoms with Gasteiger partial charge in [-0.05, 0) is 82.3 Å². The van der Waals surface area contributed by atoms with Crippen LogP contribution in [-0.4, -0.2) is 33.8 Å². The normalized spacial score (nSPS) is 17.6. The van der Waals surface area contributed by atoms with E-state index in [-0.39, 0.29) is 35.8 Å². The Bertz CT molecular complexity index is 1440. The fraction of sp³-hybridized carbons (Fsp3) is 0.571. The van der Waals surface area contributed by atoms with Crippen molar-refractivity contribution >= 4 is 61.5 Å². The van der Waals surface area contributed by atoms with Gasteiger partial charge in [-0.1, -0.05) is 25.6 Å². The van der Waals surface area contributed by atoms with E-state index in [4.69, 9.17) is 9.72 Å². The van der Waals surface area contributed by atoms with Gasteiger partial charge in [-0.15, -0.1) is 22.7 Å². The Labute approximate surface area is 235 Å². The molecule has 0 aromatic carbocycles. The molecule has 2 atom stereocenters. The van der Waals surface area contributed by atoms with Crippen molar-refractivity contribution in [1.82, 2.24) is 9.55 Å². The fourth-order valence-electron chi connectivity index (χ4n) is 5.42. The van der Waals surface area contributed by atoms with Gasteiger partial charge < -0.3 is 10.1 Å². The van der Waals surface area contributed by atoms with E-state index in [0.717, 1.165) is 72.0 Å². The molecule has 7 nitrogen and oxygen atoms in total. The van der Waals surface area contributed by atoms with E-state index in [1.54, 1.807) is 22.8 Å². The molecule has 1 N–H and O–H groups in total. The minimum absolute atomic E-state index is 0.0105. The molecule has 2 aliphatic carbocycles. The zero-order valence-corrected chi connectivity index (χ0v) is 24.9. The topological polar surface area (TPSA) is 90.3 Å². The van der Waals surface area contributed by atoms with Crippen LogP contribution in [0.2, 0.25) is 0 Å². The van der Waals surface area contributed by atoms with Gasteiger partial charge >= 0.3 is 5.97 Å². The molecule has 5 rings (SSSR count). The first-order valence-electron chi connectivity index (χ1n) is 13.6. The first kappa shape index (κ1) is 27.4. The largest absolute Gasteiger partial charge is 0.462 e. The molecule has 3 aromatic heterocycles. The summed E-state index contributed by atoms with van der Waals surface area (Å²) in [5, 5.41) is 4.92. The highest BCUT2D eigenvalue weighted by Gasteiger charge is 2.29. The van der Waals surface area contributed by atoms with Gasteiger partial charge in [0, 0.05) is 15.8 Å². The van der Waals surface area contributed by atoms with Crippen LogP contribution < -0.4 is 10.9 Å². The molecule has 0 radical (unpaired) electrons. The van der Waals surface area contributed by atoms with E-state index >= 15 is 0 Å². The van der Waals surface area contributed by atoms with E-state index < -0.39 is 0 Å². The standard InChI is InChI=1S/C28H35N3O4S3/c1-5-16(4)31-26(33)22-17-9-7-8-10-19(17)37-24(22)30-28(31)36-14-21(32)29-25-23(27(34)35-6-2)18-12-11-15(3)13-20(18)38-25/h15-16H,5-14H2,1-4H3,(H,29,32)/t15-,16-/m1/s1. The SMILES string of the molecule is CCOC(=O)c1c(NC(=O)CSc2nc3sc4c(c3c(=O)n2[C@H](C)CC)CCCC4)sc2c1CC[C@@H](C)C2. The molecule has 0 bridgehead atoms. The molecule has 1 amide bonds. The first-order chi connectivity index (χ1) is 18.3. The van der Waals surface area contributed by atoms with Crippen LogP contribution >= 0.6 is 34.4 Å². The van der Waals surface area contributed by atoms with Crippen LogP contribution in [-0.2, 0) is 35.2 Å². The van der Waals surface area contributed by atoms with Crippen molar-refractivity contribution in [3.05, 3.63) is 36.8 Å². The predicted molar refractivity (Wildman–Crippen MR) is 156 cm³/mol. The van der Waals surface area contributed by atoms with Gasteiger partial charge in [0.2, 0.25) is 5.91 Å². The number of hydrogen-bond donors (Lipinski definition) is 1. The number of carbonyl (C=O) groups excluding carboxylic acids is 2. The quantitative estimate of drug-likeness (QED) is 0.190. The van der Waals surface area contributed by atoms with E-state index in [1.165, 1.54) is 33.5 Å². The van der Waals surface area contributed by atoms with Crippen LogP contribution in [0.1, 0.15) is 90.7 Å². The molecule has 204 valence electrons. The second-order valence-electron chi connectivity index (χ2n) is 10.3. The van der Waals surface area contributed by atoms with E-state index in [1.807, 2.05) is 6.92 Å². The first-order valence-corrected chi connectivity index (χ1v) is 16.2. The number of esters is 1. The average Bonchev–Trinajstić information content (AvgIpc) is 3.44. The molecule has 2 aliphatic rings. The van der Waals surface area contributed by atoms with Gasteiger partial charge in [0.1, 0.15) is 9.83 Å². The fourth-order valence-corrected chi connectivity index (χ4v) is 9.04. The summed E-state index contributed by atoms with van der Waals surface area (Å²) in [5.41, 5.74) is 2.73. The second-order valence-corrected chi connectivity index (χ2v) is 13.5. The van der Waals surface area contributed by atoms with Crippen LogP contribution in [0, 0.1) is 5.92 Å². The average molecular weight is 574 g/mol. The number of anilines is 1. The van der Waals surface area contributed by atoms with Gasteiger partial charge in [0.15, 0.2) is 5.16 Å². The minimum Gasteiger partial charge on any atom is -0.462 e. The number of hydrogen-bond acceptors (Lipinski definition) is 8. The lowest BCUT2D eigenvalue weighted by atomic mass is 9.88. The number of nitrogens with one attached hydrogen (secondary N) is 1. The monoisotopic (exact) mass is 573 g/mol. The lowest BCUT2D eigenvalue weighted by Gasteiger charge is -2.18. The van der Waals surface area contributed by atoms with Crippen molar-refractivity contribution < 1.29 is 14.3 Å². The number of carbonyl (C=O) groups is 2. The molecule has 0 saturated carbocycles. The van der Waals surface area contributed by atoms with Crippen molar-refractivity contribution in [3.8, 4) is 0 Å². The summed E-state index contributed by atoms with van der Waals surface area (Å²) in [4.78, 5) is 47.8. The Morgan fingerprint density at radius 1 is 1.16 bits per heavy atom. The van der Waals surface area contributed by atoms with Crippen LogP contribution in [0.25, 0.3) is 10.2 Å². The Kier molecular flexibility index (Phi) is 8.30. The molecule has 0 unspecified atom stereocenters. The van der Waals surface area contributed by atoms with Gasteiger partial charge in [-0.3, -0.25) is 14.2 Å². The molecule has 10 heteroatoms. The Morgan fingerprint density at radius 3 is 2.71 bits per heavy atom. The van der Waals surface area contributed by atoms with Gasteiger partial charge in [-0.25, -0.2) is 9.78 Å². The molecule has 38 heavy (non-hydrogen) atoms. The summed E-state index contributed by atoms with van der Waals surface area (Å²) >= 11 is 4.41. The molecular weight excluding hydrogens is 539 g/mol. The number of thiophene rings is 2. The van der Waals surface area contributed by atoms with Crippen LogP contribution in [0.5, 0.6) is 0 Å². The summed E-state index contributed by atoms with van der Waals surface area (Å²) < 4.78 is 7.11. The van der Waals surface area contributed by atoms with E-state index in [0.29, 0.717) is 21.6 Å².